The third-order valence-corrected chi connectivity index (χ3v) is 20.3. The molecule has 0 spiro atoms. The van der Waals surface area contributed by atoms with E-state index < -0.39 is 7.26 Å². The van der Waals surface area contributed by atoms with E-state index in [1.54, 1.807) is 24.9 Å². The summed E-state index contributed by atoms with van der Waals surface area (Å²) in [6.45, 7) is 20.0. The Morgan fingerprint density at radius 2 is 0.509 bits per heavy atom. The van der Waals surface area contributed by atoms with E-state index in [9.17, 15) is 0 Å². The van der Waals surface area contributed by atoms with E-state index in [0.717, 1.165) is 23.4 Å². The number of rotatable bonds is 44. The SMILES string of the molecule is CCCCCCCCCCCCCCCCCCCCC(C(C)C)[PH](CCCCCCCCCCCCCCCCCCCC)(CC(C)C)CC(C)C. The normalized spacial score (nSPS) is 13.3. The Balaban J connectivity index is 4.24. The van der Waals surface area contributed by atoms with E-state index in [1.165, 1.54) is 231 Å². The first-order chi connectivity index (χ1) is 25.8. The van der Waals surface area contributed by atoms with Gasteiger partial charge in [-0.2, -0.15) is 0 Å². The molecule has 322 valence electrons. The monoisotopic (exact) mass is 765 g/mol. The van der Waals surface area contributed by atoms with Gasteiger partial charge in [0.1, 0.15) is 0 Å². The van der Waals surface area contributed by atoms with Crippen LogP contribution in [0.2, 0.25) is 0 Å². The number of unbranched alkanes of at least 4 members (excludes halogenated alkanes) is 34. The summed E-state index contributed by atoms with van der Waals surface area (Å²) in [6.07, 6.45) is 59.7. The Kier molecular flexibility index (Phi) is 40.9. The van der Waals surface area contributed by atoms with Gasteiger partial charge in [-0.25, -0.2) is 0 Å². The minimum absolute atomic E-state index is 0.873. The zero-order valence-electron chi connectivity index (χ0n) is 39.1. The summed E-state index contributed by atoms with van der Waals surface area (Å²) in [7, 11) is -1.34. The second-order valence-electron chi connectivity index (χ2n) is 20.0. The van der Waals surface area contributed by atoms with Gasteiger partial charge in [-0.1, -0.05) is 110 Å². The average Bonchev–Trinajstić information content (AvgIpc) is 3.11. The van der Waals surface area contributed by atoms with Gasteiger partial charge in [0.15, 0.2) is 0 Å². The van der Waals surface area contributed by atoms with Gasteiger partial charge in [-0.3, -0.25) is 0 Å². The topological polar surface area (TPSA) is 0 Å². The van der Waals surface area contributed by atoms with Crippen LogP contribution in [0.15, 0.2) is 0 Å². The Morgan fingerprint density at radius 1 is 0.283 bits per heavy atom. The van der Waals surface area contributed by atoms with E-state index in [2.05, 4.69) is 55.4 Å². The molecular formula is C52H109P. The summed E-state index contributed by atoms with van der Waals surface area (Å²) >= 11 is 0. The molecule has 0 saturated heterocycles. The number of hydrogen-bond acceptors (Lipinski definition) is 0. The molecule has 0 heterocycles. The predicted molar refractivity (Wildman–Crippen MR) is 253 cm³/mol. The van der Waals surface area contributed by atoms with Crippen LogP contribution in [-0.2, 0) is 0 Å². The van der Waals surface area contributed by atoms with Gasteiger partial charge >= 0.3 is 232 Å². The van der Waals surface area contributed by atoms with E-state index in [0.29, 0.717) is 0 Å². The molecule has 1 heteroatoms. The van der Waals surface area contributed by atoms with Gasteiger partial charge in [-0.05, 0) is 0 Å². The van der Waals surface area contributed by atoms with Crippen molar-refractivity contribution in [2.75, 3.05) is 18.5 Å². The third-order valence-electron chi connectivity index (χ3n) is 13.1. The van der Waals surface area contributed by atoms with Crippen LogP contribution in [-0.4, -0.2) is 24.1 Å². The second kappa shape index (κ2) is 40.6. The summed E-state index contributed by atoms with van der Waals surface area (Å²) in [4.78, 5) is 0. The molecule has 0 rings (SSSR count). The zero-order chi connectivity index (χ0) is 39.1. The fourth-order valence-electron chi connectivity index (χ4n) is 10.4. The first-order valence-corrected chi connectivity index (χ1v) is 28.5. The average molecular weight is 765 g/mol. The predicted octanol–water partition coefficient (Wildman–Crippen LogP) is 19.5. The quantitative estimate of drug-likeness (QED) is 0.0428. The van der Waals surface area contributed by atoms with E-state index >= 15 is 0 Å². The summed E-state index contributed by atoms with van der Waals surface area (Å²) in [5, 5.41) is 0. The van der Waals surface area contributed by atoms with Crippen molar-refractivity contribution in [2.45, 2.75) is 299 Å². The van der Waals surface area contributed by atoms with Crippen LogP contribution in [0.3, 0.4) is 0 Å². The van der Waals surface area contributed by atoms with Crippen molar-refractivity contribution in [2.24, 2.45) is 17.8 Å². The molecule has 0 aliphatic heterocycles. The van der Waals surface area contributed by atoms with Crippen LogP contribution in [0.25, 0.3) is 0 Å². The van der Waals surface area contributed by atoms with Crippen LogP contribution in [0.1, 0.15) is 293 Å². The Morgan fingerprint density at radius 3 is 0.736 bits per heavy atom. The Hall–Kier alpha value is 0.430. The van der Waals surface area contributed by atoms with Crippen LogP contribution >= 0.6 is 7.26 Å². The molecule has 0 amide bonds. The Bertz CT molecular complexity index is 669. The first-order valence-electron chi connectivity index (χ1n) is 25.8. The van der Waals surface area contributed by atoms with E-state index in [4.69, 9.17) is 0 Å². The molecule has 1 atom stereocenters. The zero-order valence-corrected chi connectivity index (χ0v) is 40.1. The van der Waals surface area contributed by atoms with Crippen molar-refractivity contribution in [1.29, 1.82) is 0 Å². The molecule has 0 nitrogen and oxygen atoms in total. The van der Waals surface area contributed by atoms with Crippen molar-refractivity contribution in [3.8, 4) is 0 Å². The van der Waals surface area contributed by atoms with Crippen LogP contribution in [0, 0.1) is 17.8 Å². The molecule has 0 N–H and O–H groups in total. The summed E-state index contributed by atoms with van der Waals surface area (Å²) in [5.74, 6) is 2.62. The standard InChI is InChI=1S/C52H109P/c1-9-11-13-15-17-19-21-23-25-27-29-31-33-35-37-39-41-43-45-52(51(7)8)53(47-49(3)4,48-50(5)6)46-44-42-40-38-36-34-32-30-28-26-24-22-20-18-16-14-12-10-2/h49-53H,9-48H2,1-8H3. The molecule has 1 unspecified atom stereocenters. The molecule has 0 aromatic carbocycles. The van der Waals surface area contributed by atoms with Crippen LogP contribution < -0.4 is 0 Å². The molecule has 0 fully saturated rings. The van der Waals surface area contributed by atoms with Gasteiger partial charge in [0.2, 0.25) is 0 Å². The van der Waals surface area contributed by atoms with Gasteiger partial charge in [-0.15, -0.1) is 0 Å². The van der Waals surface area contributed by atoms with Gasteiger partial charge in [0.05, 0.1) is 0 Å². The summed E-state index contributed by atoms with van der Waals surface area (Å²) in [5.41, 5.74) is 1.04. The molecule has 0 aliphatic carbocycles. The number of hydrogen-bond donors (Lipinski definition) is 0. The van der Waals surface area contributed by atoms with Crippen molar-refractivity contribution in [3.05, 3.63) is 0 Å². The molecule has 0 saturated carbocycles. The molecular weight excluding hydrogens is 656 g/mol. The Labute approximate surface area is 340 Å². The van der Waals surface area contributed by atoms with Crippen molar-refractivity contribution >= 4 is 7.26 Å². The van der Waals surface area contributed by atoms with E-state index in [1.807, 2.05) is 0 Å². The summed E-state index contributed by atoms with van der Waals surface area (Å²) in [6, 6.07) is 0. The maximum absolute atomic E-state index is 2.61. The van der Waals surface area contributed by atoms with Crippen LogP contribution in [0.4, 0.5) is 0 Å². The second-order valence-corrected chi connectivity index (χ2v) is 24.8. The van der Waals surface area contributed by atoms with E-state index in [-0.39, 0.29) is 0 Å². The van der Waals surface area contributed by atoms with Crippen molar-refractivity contribution in [1.82, 2.24) is 0 Å². The van der Waals surface area contributed by atoms with Gasteiger partial charge in [0.25, 0.3) is 0 Å². The van der Waals surface area contributed by atoms with Gasteiger partial charge in [0, 0.05) is 0 Å². The first kappa shape index (κ1) is 53.4. The summed E-state index contributed by atoms with van der Waals surface area (Å²) < 4.78 is 0. The minimum atomic E-state index is -1.34. The molecule has 53 heavy (non-hydrogen) atoms. The molecule has 0 aromatic rings. The van der Waals surface area contributed by atoms with Crippen molar-refractivity contribution < 1.29 is 0 Å². The molecule has 0 radical (unpaired) electrons. The fraction of sp³-hybridized carbons (Fsp3) is 1.00. The maximum atomic E-state index is 2.61. The van der Waals surface area contributed by atoms with Crippen molar-refractivity contribution in [3.63, 3.8) is 0 Å². The van der Waals surface area contributed by atoms with Gasteiger partial charge < -0.3 is 0 Å². The molecule has 0 aliphatic rings. The van der Waals surface area contributed by atoms with Crippen LogP contribution in [0.5, 0.6) is 0 Å². The third kappa shape index (κ3) is 35.3. The fourth-order valence-corrected chi connectivity index (χ4v) is 18.4. The molecule has 0 bridgehead atoms. The molecule has 0 aromatic heterocycles.